The van der Waals surface area contributed by atoms with Gasteiger partial charge in [0.2, 0.25) is 11.8 Å². The summed E-state index contributed by atoms with van der Waals surface area (Å²) in [5.74, 6) is 0.329. The summed E-state index contributed by atoms with van der Waals surface area (Å²) in [4.78, 5) is 28.6. The molecule has 0 bridgehead atoms. The average Bonchev–Trinajstić information content (AvgIpc) is 2.49. The summed E-state index contributed by atoms with van der Waals surface area (Å²) in [6, 6.07) is 6.22. The molecule has 0 aliphatic rings. The van der Waals surface area contributed by atoms with Gasteiger partial charge in [-0.2, -0.15) is 0 Å². The number of benzene rings is 1. The Morgan fingerprint density at radius 2 is 1.73 bits per heavy atom. The van der Waals surface area contributed by atoms with Crippen LogP contribution in [-0.2, 0) is 9.59 Å². The fraction of sp³-hybridized carbons (Fsp3) is 0.529. The summed E-state index contributed by atoms with van der Waals surface area (Å²) in [6.07, 6.45) is 0. The maximum absolute atomic E-state index is 12.2. The minimum absolute atomic E-state index is 0.00224. The molecule has 0 spiro atoms. The quantitative estimate of drug-likeness (QED) is 0.725. The van der Waals surface area contributed by atoms with Crippen LogP contribution < -0.4 is 0 Å². The minimum atomic E-state index is -0.0218. The van der Waals surface area contributed by atoms with E-state index in [1.165, 1.54) is 27.8 Å². The summed E-state index contributed by atoms with van der Waals surface area (Å²) in [6.45, 7) is 9.47. The molecule has 0 unspecified atom stereocenters. The van der Waals surface area contributed by atoms with Gasteiger partial charge in [0.15, 0.2) is 0 Å². The van der Waals surface area contributed by atoms with Gasteiger partial charge in [-0.25, -0.2) is 0 Å². The molecular weight excluding hydrogens is 296 g/mol. The zero-order valence-corrected chi connectivity index (χ0v) is 15.0. The molecule has 1 aromatic rings. The Labute approximate surface area is 137 Å². The number of amides is 2. The summed E-state index contributed by atoms with van der Waals surface area (Å²) in [5, 5.41) is 0. The normalized spacial score (nSPS) is 10.4. The number of carbonyl (C=O) groups excluding carboxylic acids is 2. The van der Waals surface area contributed by atoms with E-state index in [0.717, 1.165) is 4.90 Å². The number of likely N-dealkylation sites (N-methyl/N-ethyl adjacent to an activating group) is 2. The fourth-order valence-electron chi connectivity index (χ4n) is 2.08. The summed E-state index contributed by atoms with van der Waals surface area (Å²) in [7, 11) is 1.69. The first-order valence-electron chi connectivity index (χ1n) is 7.60. The van der Waals surface area contributed by atoms with Gasteiger partial charge in [-0.3, -0.25) is 9.59 Å². The highest BCUT2D eigenvalue weighted by atomic mass is 32.2. The zero-order chi connectivity index (χ0) is 16.7. The van der Waals surface area contributed by atoms with E-state index < -0.39 is 0 Å². The van der Waals surface area contributed by atoms with Crippen molar-refractivity contribution < 1.29 is 9.59 Å². The van der Waals surface area contributed by atoms with Gasteiger partial charge in [-0.1, -0.05) is 17.7 Å². The van der Waals surface area contributed by atoms with E-state index in [1.807, 2.05) is 27.7 Å². The summed E-state index contributed by atoms with van der Waals surface area (Å²) < 4.78 is 0. The molecule has 0 aliphatic carbocycles. The zero-order valence-electron chi connectivity index (χ0n) is 14.2. The first-order valence-corrected chi connectivity index (χ1v) is 8.59. The average molecular weight is 322 g/mol. The molecule has 4 nitrogen and oxygen atoms in total. The molecule has 0 atom stereocenters. The second-order valence-electron chi connectivity index (χ2n) is 5.37. The molecule has 0 saturated carbocycles. The van der Waals surface area contributed by atoms with Gasteiger partial charge in [0.1, 0.15) is 0 Å². The molecule has 0 radical (unpaired) electrons. The number of thioether (sulfide) groups is 1. The standard InChI is InChI=1S/C17H26N2O2S/c1-6-19(7-2)16(20)11-18(5)17(21)12-22-15-10-13(3)8-9-14(15)4/h8-10H,6-7,11-12H2,1-5H3. The topological polar surface area (TPSA) is 40.6 Å². The molecule has 0 fully saturated rings. The third kappa shape index (κ3) is 5.37. The van der Waals surface area contributed by atoms with Gasteiger partial charge in [0, 0.05) is 25.0 Å². The number of hydrogen-bond donors (Lipinski definition) is 0. The molecule has 0 saturated heterocycles. The number of aryl methyl sites for hydroxylation is 2. The molecule has 122 valence electrons. The van der Waals surface area contributed by atoms with Crippen LogP contribution in [0.15, 0.2) is 23.1 Å². The lowest BCUT2D eigenvalue weighted by Gasteiger charge is -2.23. The Bertz CT molecular complexity index is 527. The second-order valence-corrected chi connectivity index (χ2v) is 6.39. The third-order valence-corrected chi connectivity index (χ3v) is 4.75. The minimum Gasteiger partial charge on any atom is -0.342 e. The monoisotopic (exact) mass is 322 g/mol. The maximum Gasteiger partial charge on any atom is 0.242 e. The molecule has 1 rings (SSSR count). The lowest BCUT2D eigenvalue weighted by molar-refractivity contribution is -0.137. The van der Waals surface area contributed by atoms with Crippen LogP contribution in [0.2, 0.25) is 0 Å². The van der Waals surface area contributed by atoms with Crippen molar-refractivity contribution in [3.63, 3.8) is 0 Å². The van der Waals surface area contributed by atoms with Crippen LogP contribution in [0.1, 0.15) is 25.0 Å². The Morgan fingerprint density at radius 3 is 2.32 bits per heavy atom. The van der Waals surface area contributed by atoms with Gasteiger partial charge in [0.25, 0.3) is 0 Å². The predicted molar refractivity (Wildman–Crippen MR) is 92.2 cm³/mol. The smallest absolute Gasteiger partial charge is 0.242 e. The highest BCUT2D eigenvalue weighted by molar-refractivity contribution is 8.00. The molecule has 2 amide bonds. The van der Waals surface area contributed by atoms with Crippen molar-refractivity contribution in [2.75, 3.05) is 32.4 Å². The number of nitrogens with zero attached hydrogens (tertiary/aromatic N) is 2. The van der Waals surface area contributed by atoms with Gasteiger partial charge >= 0.3 is 0 Å². The maximum atomic E-state index is 12.2. The van der Waals surface area contributed by atoms with Gasteiger partial charge in [-0.15, -0.1) is 11.8 Å². The Hall–Kier alpha value is -1.49. The van der Waals surface area contributed by atoms with Crippen molar-refractivity contribution in [2.45, 2.75) is 32.6 Å². The number of rotatable bonds is 7. The SMILES string of the molecule is CCN(CC)C(=O)CN(C)C(=O)CSc1cc(C)ccc1C. The number of carbonyl (C=O) groups is 2. The lowest BCUT2D eigenvalue weighted by atomic mass is 10.2. The Kier molecular flexibility index (Phi) is 7.45. The van der Waals surface area contributed by atoms with Crippen LogP contribution >= 0.6 is 11.8 Å². The number of hydrogen-bond acceptors (Lipinski definition) is 3. The lowest BCUT2D eigenvalue weighted by Crippen LogP contribution is -2.41. The van der Waals surface area contributed by atoms with E-state index in [0.29, 0.717) is 18.8 Å². The first kappa shape index (κ1) is 18.6. The predicted octanol–water partition coefficient (Wildman–Crippen LogP) is 2.72. The first-order chi connectivity index (χ1) is 10.4. The molecule has 0 heterocycles. The van der Waals surface area contributed by atoms with Crippen LogP contribution in [0, 0.1) is 13.8 Å². The molecule has 0 aromatic heterocycles. The van der Waals surface area contributed by atoms with Crippen molar-refractivity contribution in [1.29, 1.82) is 0 Å². The molecule has 5 heteroatoms. The van der Waals surface area contributed by atoms with E-state index in [1.54, 1.807) is 11.9 Å². The molecular formula is C17H26N2O2S. The van der Waals surface area contributed by atoms with Crippen molar-refractivity contribution in [3.05, 3.63) is 29.3 Å². The van der Waals surface area contributed by atoms with Crippen LogP contribution in [0.4, 0.5) is 0 Å². The molecule has 1 aromatic carbocycles. The van der Waals surface area contributed by atoms with Gasteiger partial charge in [-0.05, 0) is 39.3 Å². The van der Waals surface area contributed by atoms with Crippen LogP contribution in [-0.4, -0.2) is 54.0 Å². The fourth-order valence-corrected chi connectivity index (χ4v) is 3.14. The highest BCUT2D eigenvalue weighted by Gasteiger charge is 2.16. The Balaban J connectivity index is 2.54. The van der Waals surface area contributed by atoms with Crippen molar-refractivity contribution in [3.8, 4) is 0 Å². The highest BCUT2D eigenvalue weighted by Crippen LogP contribution is 2.23. The molecule has 0 aliphatic heterocycles. The van der Waals surface area contributed by atoms with Crippen molar-refractivity contribution >= 4 is 23.6 Å². The molecule has 22 heavy (non-hydrogen) atoms. The third-order valence-electron chi connectivity index (χ3n) is 3.61. The Morgan fingerprint density at radius 1 is 1.09 bits per heavy atom. The molecule has 0 N–H and O–H groups in total. The summed E-state index contributed by atoms with van der Waals surface area (Å²) >= 11 is 1.53. The van der Waals surface area contributed by atoms with E-state index in [9.17, 15) is 9.59 Å². The van der Waals surface area contributed by atoms with E-state index >= 15 is 0 Å². The van der Waals surface area contributed by atoms with Gasteiger partial charge in [0.05, 0.1) is 12.3 Å². The largest absolute Gasteiger partial charge is 0.342 e. The van der Waals surface area contributed by atoms with Crippen LogP contribution in [0.3, 0.4) is 0 Å². The van der Waals surface area contributed by atoms with Crippen molar-refractivity contribution in [2.24, 2.45) is 0 Å². The van der Waals surface area contributed by atoms with Gasteiger partial charge < -0.3 is 9.80 Å². The van der Waals surface area contributed by atoms with E-state index in [-0.39, 0.29) is 18.4 Å². The second kappa shape index (κ2) is 8.83. The van der Waals surface area contributed by atoms with E-state index in [2.05, 4.69) is 18.2 Å². The summed E-state index contributed by atoms with van der Waals surface area (Å²) in [5.41, 5.74) is 2.36. The van der Waals surface area contributed by atoms with Crippen molar-refractivity contribution in [1.82, 2.24) is 9.80 Å². The van der Waals surface area contributed by atoms with E-state index in [4.69, 9.17) is 0 Å². The van der Waals surface area contributed by atoms with Crippen LogP contribution in [0.25, 0.3) is 0 Å². The van der Waals surface area contributed by atoms with Crippen LogP contribution in [0.5, 0.6) is 0 Å².